The van der Waals surface area contributed by atoms with Crippen LogP contribution in [0.5, 0.6) is 0 Å². The maximum absolute atomic E-state index is 5.88. The normalized spacial score (nSPS) is 14.9. The van der Waals surface area contributed by atoms with Crippen LogP contribution in [0.3, 0.4) is 0 Å². The SMILES string of the molecule is Nc1cc(CCc2nc(C3CC3)no2)ccc1Cl. The van der Waals surface area contributed by atoms with Crippen LogP contribution in [-0.4, -0.2) is 10.1 Å². The first kappa shape index (κ1) is 11.5. The van der Waals surface area contributed by atoms with Crippen molar-refractivity contribution in [3.05, 3.63) is 40.5 Å². The Morgan fingerprint density at radius 3 is 2.89 bits per heavy atom. The highest BCUT2D eigenvalue weighted by Gasteiger charge is 2.28. The van der Waals surface area contributed by atoms with Crippen molar-refractivity contribution in [2.45, 2.75) is 31.6 Å². The zero-order valence-electron chi connectivity index (χ0n) is 9.90. The Labute approximate surface area is 110 Å². The van der Waals surface area contributed by atoms with Gasteiger partial charge in [-0.1, -0.05) is 22.8 Å². The molecule has 1 heterocycles. The van der Waals surface area contributed by atoms with Crippen LogP contribution in [0.4, 0.5) is 5.69 Å². The van der Waals surface area contributed by atoms with Crippen molar-refractivity contribution in [3.8, 4) is 0 Å². The summed E-state index contributed by atoms with van der Waals surface area (Å²) in [4.78, 5) is 4.39. The Kier molecular flexibility index (Phi) is 2.96. The predicted octanol–water partition coefficient (Wildman–Crippen LogP) is 2.97. The van der Waals surface area contributed by atoms with Crippen molar-refractivity contribution in [1.82, 2.24) is 10.1 Å². The summed E-state index contributed by atoms with van der Waals surface area (Å²) in [6.07, 6.45) is 3.94. The van der Waals surface area contributed by atoms with E-state index < -0.39 is 0 Å². The number of nitrogens with zero attached hydrogens (tertiary/aromatic N) is 2. The van der Waals surface area contributed by atoms with Gasteiger partial charge in [0.25, 0.3) is 0 Å². The lowest BCUT2D eigenvalue weighted by Crippen LogP contribution is -1.94. The summed E-state index contributed by atoms with van der Waals surface area (Å²) < 4.78 is 5.22. The van der Waals surface area contributed by atoms with Crippen molar-refractivity contribution < 1.29 is 4.52 Å². The summed E-state index contributed by atoms with van der Waals surface area (Å²) in [6.45, 7) is 0. The number of aryl methyl sites for hydroxylation is 2. The van der Waals surface area contributed by atoms with Crippen LogP contribution in [0.25, 0.3) is 0 Å². The third-order valence-electron chi connectivity index (χ3n) is 3.11. The molecule has 1 aromatic carbocycles. The van der Waals surface area contributed by atoms with Crippen LogP contribution < -0.4 is 5.73 Å². The van der Waals surface area contributed by atoms with Crippen LogP contribution in [0.2, 0.25) is 5.02 Å². The van der Waals surface area contributed by atoms with Gasteiger partial charge in [0.1, 0.15) is 0 Å². The van der Waals surface area contributed by atoms with E-state index in [0.29, 0.717) is 22.5 Å². The molecule has 3 rings (SSSR count). The van der Waals surface area contributed by atoms with Gasteiger partial charge in [-0.2, -0.15) is 4.98 Å². The van der Waals surface area contributed by atoms with Gasteiger partial charge in [0.2, 0.25) is 5.89 Å². The van der Waals surface area contributed by atoms with E-state index in [-0.39, 0.29) is 0 Å². The van der Waals surface area contributed by atoms with Crippen LogP contribution in [0.15, 0.2) is 22.7 Å². The molecule has 94 valence electrons. The molecule has 2 aromatic rings. The van der Waals surface area contributed by atoms with Crippen LogP contribution in [0, 0.1) is 0 Å². The number of hydrogen-bond donors (Lipinski definition) is 1. The van der Waals surface area contributed by atoms with E-state index in [0.717, 1.165) is 24.2 Å². The number of rotatable bonds is 4. The number of nitrogens with two attached hydrogens (primary N) is 1. The minimum Gasteiger partial charge on any atom is -0.398 e. The third-order valence-corrected chi connectivity index (χ3v) is 3.46. The molecule has 1 fully saturated rings. The molecule has 5 heteroatoms. The Morgan fingerprint density at radius 2 is 2.17 bits per heavy atom. The van der Waals surface area contributed by atoms with E-state index in [2.05, 4.69) is 10.1 Å². The zero-order valence-corrected chi connectivity index (χ0v) is 10.7. The van der Waals surface area contributed by atoms with Gasteiger partial charge in [-0.15, -0.1) is 0 Å². The molecular weight excluding hydrogens is 250 g/mol. The van der Waals surface area contributed by atoms with Gasteiger partial charge >= 0.3 is 0 Å². The van der Waals surface area contributed by atoms with Crippen molar-refractivity contribution in [3.63, 3.8) is 0 Å². The molecule has 0 aliphatic heterocycles. The molecular formula is C13H14ClN3O. The topological polar surface area (TPSA) is 64.9 Å². The summed E-state index contributed by atoms with van der Waals surface area (Å²) in [5.74, 6) is 2.10. The first-order valence-corrected chi connectivity index (χ1v) is 6.46. The third kappa shape index (κ3) is 2.48. The lowest BCUT2D eigenvalue weighted by molar-refractivity contribution is 0.373. The highest BCUT2D eigenvalue weighted by atomic mass is 35.5. The maximum Gasteiger partial charge on any atom is 0.226 e. The number of benzene rings is 1. The largest absolute Gasteiger partial charge is 0.398 e. The summed E-state index contributed by atoms with van der Waals surface area (Å²) >= 11 is 5.88. The van der Waals surface area contributed by atoms with Crippen molar-refractivity contribution >= 4 is 17.3 Å². The number of hydrogen-bond acceptors (Lipinski definition) is 4. The molecule has 18 heavy (non-hydrogen) atoms. The predicted molar refractivity (Wildman–Crippen MR) is 69.5 cm³/mol. The average Bonchev–Trinajstić information content (AvgIpc) is 3.11. The second kappa shape index (κ2) is 4.61. The maximum atomic E-state index is 5.88. The number of aromatic nitrogens is 2. The Hall–Kier alpha value is -1.55. The fourth-order valence-electron chi connectivity index (χ4n) is 1.88. The van der Waals surface area contributed by atoms with Crippen molar-refractivity contribution in [2.75, 3.05) is 5.73 Å². The second-order valence-corrected chi connectivity index (χ2v) is 5.08. The first-order valence-electron chi connectivity index (χ1n) is 6.09. The van der Waals surface area contributed by atoms with Gasteiger partial charge in [0, 0.05) is 12.3 Å². The van der Waals surface area contributed by atoms with Gasteiger partial charge in [-0.3, -0.25) is 0 Å². The average molecular weight is 264 g/mol. The molecule has 1 aliphatic rings. The molecule has 0 bridgehead atoms. The fraction of sp³-hybridized carbons (Fsp3) is 0.385. The highest BCUT2D eigenvalue weighted by molar-refractivity contribution is 6.33. The Bertz CT molecular complexity index is 563. The Morgan fingerprint density at radius 1 is 1.33 bits per heavy atom. The number of anilines is 1. The summed E-state index contributed by atoms with van der Waals surface area (Å²) in [7, 11) is 0. The van der Waals surface area contributed by atoms with Crippen LogP contribution >= 0.6 is 11.6 Å². The number of halogens is 1. The van der Waals surface area contributed by atoms with Crippen LogP contribution in [-0.2, 0) is 12.8 Å². The molecule has 4 nitrogen and oxygen atoms in total. The summed E-state index contributed by atoms with van der Waals surface area (Å²) in [5, 5.41) is 4.58. The molecule has 0 amide bonds. The molecule has 2 N–H and O–H groups in total. The molecule has 1 aromatic heterocycles. The van der Waals surface area contributed by atoms with E-state index in [1.807, 2.05) is 18.2 Å². The number of nitrogen functional groups attached to an aromatic ring is 1. The molecule has 1 aliphatic carbocycles. The van der Waals surface area contributed by atoms with Gasteiger partial charge in [0.15, 0.2) is 5.82 Å². The second-order valence-electron chi connectivity index (χ2n) is 4.68. The monoisotopic (exact) mass is 263 g/mol. The quantitative estimate of drug-likeness (QED) is 0.862. The van der Waals surface area contributed by atoms with E-state index in [1.54, 1.807) is 0 Å². The van der Waals surface area contributed by atoms with E-state index in [9.17, 15) is 0 Å². The zero-order chi connectivity index (χ0) is 12.5. The first-order chi connectivity index (χ1) is 8.72. The van der Waals surface area contributed by atoms with Gasteiger partial charge < -0.3 is 10.3 Å². The molecule has 0 saturated heterocycles. The summed E-state index contributed by atoms with van der Waals surface area (Å²) in [6, 6.07) is 5.67. The Balaban J connectivity index is 1.63. The van der Waals surface area contributed by atoms with E-state index in [1.165, 1.54) is 12.8 Å². The highest BCUT2D eigenvalue weighted by Crippen LogP contribution is 2.38. The molecule has 0 radical (unpaired) electrons. The minimum atomic E-state index is 0.536. The fourth-order valence-corrected chi connectivity index (χ4v) is 1.99. The molecule has 1 saturated carbocycles. The lowest BCUT2D eigenvalue weighted by Gasteiger charge is -2.02. The van der Waals surface area contributed by atoms with Gasteiger partial charge in [0.05, 0.1) is 10.7 Å². The van der Waals surface area contributed by atoms with Crippen molar-refractivity contribution in [2.24, 2.45) is 0 Å². The molecule has 0 atom stereocenters. The molecule has 0 unspecified atom stereocenters. The van der Waals surface area contributed by atoms with Gasteiger partial charge in [-0.05, 0) is 37.0 Å². The minimum absolute atomic E-state index is 0.536. The van der Waals surface area contributed by atoms with E-state index >= 15 is 0 Å². The standard InChI is InChI=1S/C13H14ClN3O/c14-10-5-1-8(7-11(10)15)2-6-12-16-13(17-18-12)9-3-4-9/h1,5,7,9H,2-4,6,15H2. The smallest absolute Gasteiger partial charge is 0.226 e. The van der Waals surface area contributed by atoms with Crippen molar-refractivity contribution in [1.29, 1.82) is 0 Å². The van der Waals surface area contributed by atoms with Gasteiger partial charge in [-0.25, -0.2) is 0 Å². The summed E-state index contributed by atoms with van der Waals surface area (Å²) in [5.41, 5.74) is 7.50. The van der Waals surface area contributed by atoms with E-state index in [4.69, 9.17) is 21.9 Å². The lowest BCUT2D eigenvalue weighted by atomic mass is 10.1. The van der Waals surface area contributed by atoms with Crippen LogP contribution in [0.1, 0.15) is 36.0 Å². The molecule has 0 spiro atoms.